The van der Waals surface area contributed by atoms with E-state index in [1.165, 1.54) is 0 Å². The fourth-order valence-corrected chi connectivity index (χ4v) is 2.41. The van der Waals surface area contributed by atoms with Gasteiger partial charge < -0.3 is 9.30 Å². The Morgan fingerprint density at radius 3 is 2.65 bits per heavy atom. The highest BCUT2D eigenvalue weighted by Crippen LogP contribution is 2.24. The average Bonchev–Trinajstić information content (AvgIpc) is 2.43. The van der Waals surface area contributed by atoms with Crippen LogP contribution in [0.25, 0.3) is 10.9 Å². The van der Waals surface area contributed by atoms with Crippen LogP contribution in [-0.2, 0) is 11.3 Å². The molecule has 20 heavy (non-hydrogen) atoms. The van der Waals surface area contributed by atoms with E-state index in [0.717, 1.165) is 11.1 Å². The number of rotatable bonds is 3. The van der Waals surface area contributed by atoms with Gasteiger partial charge in [-0.2, -0.15) is 0 Å². The molecule has 1 heterocycles. The van der Waals surface area contributed by atoms with Gasteiger partial charge >= 0.3 is 5.97 Å². The van der Waals surface area contributed by atoms with Crippen molar-refractivity contribution >= 4 is 28.5 Å². The zero-order valence-corrected chi connectivity index (χ0v) is 12.5. The number of carbonyl (C=O) groups excluding carboxylic acids is 1. The first kappa shape index (κ1) is 14.6. The summed E-state index contributed by atoms with van der Waals surface area (Å²) in [6, 6.07) is 3.33. The minimum Gasteiger partial charge on any atom is -0.462 e. The highest BCUT2D eigenvalue weighted by Gasteiger charge is 2.17. The smallest absolute Gasteiger partial charge is 0.343 e. The molecule has 0 aliphatic carbocycles. The molecule has 0 aliphatic rings. The monoisotopic (exact) mass is 293 g/mol. The molecule has 0 saturated heterocycles. The molecule has 2 rings (SSSR count). The quantitative estimate of drug-likeness (QED) is 0.817. The summed E-state index contributed by atoms with van der Waals surface area (Å²) >= 11 is 6.11. The molecule has 0 amide bonds. The molecule has 1 aromatic heterocycles. The number of aryl methyl sites for hydroxylation is 2. The fourth-order valence-electron chi connectivity index (χ4n) is 2.26. The van der Waals surface area contributed by atoms with Crippen molar-refractivity contribution in [1.82, 2.24) is 4.57 Å². The molecule has 0 unspecified atom stereocenters. The summed E-state index contributed by atoms with van der Waals surface area (Å²) in [5.41, 5.74) is 1.34. The lowest BCUT2D eigenvalue weighted by Gasteiger charge is -2.14. The third kappa shape index (κ3) is 2.31. The van der Waals surface area contributed by atoms with Gasteiger partial charge in [-0.1, -0.05) is 11.6 Å². The van der Waals surface area contributed by atoms with Crippen molar-refractivity contribution in [2.45, 2.75) is 27.3 Å². The Labute approximate surface area is 121 Å². The summed E-state index contributed by atoms with van der Waals surface area (Å²) in [6.07, 6.45) is 1.55. The molecular formula is C15H16ClNO3. The topological polar surface area (TPSA) is 48.3 Å². The molecule has 0 fully saturated rings. The molecule has 0 N–H and O–H groups in total. The van der Waals surface area contributed by atoms with Gasteiger partial charge in [0.2, 0.25) is 5.43 Å². The van der Waals surface area contributed by atoms with E-state index in [0.29, 0.717) is 17.0 Å². The van der Waals surface area contributed by atoms with E-state index in [4.69, 9.17) is 16.3 Å². The van der Waals surface area contributed by atoms with Gasteiger partial charge in [-0.3, -0.25) is 4.79 Å². The first-order chi connectivity index (χ1) is 9.51. The predicted octanol–water partition coefficient (Wildman–Crippen LogP) is 3.16. The van der Waals surface area contributed by atoms with Gasteiger partial charge in [-0.25, -0.2) is 4.79 Å². The van der Waals surface area contributed by atoms with Crippen LogP contribution in [0.2, 0.25) is 5.02 Å². The average molecular weight is 294 g/mol. The van der Waals surface area contributed by atoms with E-state index < -0.39 is 5.97 Å². The van der Waals surface area contributed by atoms with Gasteiger partial charge in [0.1, 0.15) is 5.56 Å². The number of carbonyl (C=O) groups is 1. The first-order valence-electron chi connectivity index (χ1n) is 6.50. The predicted molar refractivity (Wildman–Crippen MR) is 79.6 cm³/mol. The number of hydrogen-bond donors (Lipinski definition) is 0. The molecule has 106 valence electrons. The summed E-state index contributed by atoms with van der Waals surface area (Å²) < 4.78 is 6.78. The lowest BCUT2D eigenvalue weighted by atomic mass is 10.1. The van der Waals surface area contributed by atoms with Crippen LogP contribution in [0.1, 0.15) is 29.8 Å². The minimum absolute atomic E-state index is 0.0583. The van der Waals surface area contributed by atoms with Gasteiger partial charge in [0.25, 0.3) is 0 Å². The van der Waals surface area contributed by atoms with Crippen LogP contribution in [0.4, 0.5) is 0 Å². The van der Waals surface area contributed by atoms with E-state index in [2.05, 4.69) is 0 Å². The molecular weight excluding hydrogens is 278 g/mol. The molecule has 0 radical (unpaired) electrons. The van der Waals surface area contributed by atoms with Gasteiger partial charge in [0.05, 0.1) is 12.1 Å². The summed E-state index contributed by atoms with van der Waals surface area (Å²) in [4.78, 5) is 24.3. The molecule has 1 aromatic carbocycles. The van der Waals surface area contributed by atoms with Gasteiger partial charge in [-0.05, 0) is 38.5 Å². The second kappa shape index (κ2) is 5.67. The SMILES string of the molecule is CCOC(=O)c1cn(CC)c2c(C)c(Cl)ccc2c1=O. The number of benzene rings is 1. The van der Waals surface area contributed by atoms with Crippen molar-refractivity contribution in [1.29, 1.82) is 0 Å². The van der Waals surface area contributed by atoms with Crippen LogP contribution in [-0.4, -0.2) is 17.1 Å². The molecule has 0 aliphatic heterocycles. The summed E-state index contributed by atoms with van der Waals surface area (Å²) in [5, 5.41) is 1.09. The Kier molecular flexibility index (Phi) is 4.14. The Morgan fingerprint density at radius 1 is 1.35 bits per heavy atom. The Bertz CT molecular complexity index is 734. The van der Waals surface area contributed by atoms with Crippen LogP contribution < -0.4 is 5.43 Å². The van der Waals surface area contributed by atoms with E-state index in [1.807, 2.05) is 18.4 Å². The number of fused-ring (bicyclic) bond motifs is 1. The van der Waals surface area contributed by atoms with E-state index in [-0.39, 0.29) is 17.6 Å². The number of nitrogens with zero attached hydrogens (tertiary/aromatic N) is 1. The van der Waals surface area contributed by atoms with Crippen molar-refractivity contribution < 1.29 is 9.53 Å². The number of esters is 1. The van der Waals surface area contributed by atoms with Gasteiger partial charge in [0, 0.05) is 23.2 Å². The Morgan fingerprint density at radius 2 is 2.05 bits per heavy atom. The third-order valence-corrected chi connectivity index (χ3v) is 3.67. The van der Waals surface area contributed by atoms with E-state index >= 15 is 0 Å². The van der Waals surface area contributed by atoms with Crippen LogP contribution in [0, 0.1) is 6.92 Å². The lowest BCUT2D eigenvalue weighted by Crippen LogP contribution is -2.21. The van der Waals surface area contributed by atoms with Gasteiger partial charge in [0.15, 0.2) is 0 Å². The van der Waals surface area contributed by atoms with Crippen LogP contribution in [0.5, 0.6) is 0 Å². The van der Waals surface area contributed by atoms with Gasteiger partial charge in [-0.15, -0.1) is 0 Å². The molecule has 4 nitrogen and oxygen atoms in total. The number of halogens is 1. The maximum atomic E-state index is 12.4. The maximum absolute atomic E-state index is 12.4. The number of ether oxygens (including phenoxy) is 1. The second-order valence-corrected chi connectivity index (χ2v) is 4.85. The summed E-state index contributed by atoms with van der Waals surface area (Å²) in [5.74, 6) is -0.589. The maximum Gasteiger partial charge on any atom is 0.343 e. The Balaban J connectivity index is 2.84. The van der Waals surface area contributed by atoms with Crippen molar-refractivity contribution in [2.24, 2.45) is 0 Å². The lowest BCUT2D eigenvalue weighted by molar-refractivity contribution is 0.0524. The minimum atomic E-state index is -0.589. The van der Waals surface area contributed by atoms with Crippen molar-refractivity contribution in [3.05, 3.63) is 44.7 Å². The fraction of sp³-hybridized carbons (Fsp3) is 0.333. The Hall–Kier alpha value is -1.81. The highest BCUT2D eigenvalue weighted by atomic mass is 35.5. The molecule has 0 saturated carbocycles. The number of aromatic nitrogens is 1. The zero-order chi connectivity index (χ0) is 14.9. The molecule has 2 aromatic rings. The van der Waals surface area contributed by atoms with Crippen LogP contribution in [0.15, 0.2) is 23.1 Å². The summed E-state index contributed by atoms with van der Waals surface area (Å²) in [6.45, 7) is 6.38. The number of hydrogen-bond acceptors (Lipinski definition) is 3. The first-order valence-corrected chi connectivity index (χ1v) is 6.88. The standard InChI is InChI=1S/C15H16ClNO3/c1-4-17-8-11(15(19)20-5-2)14(18)10-6-7-12(16)9(3)13(10)17/h6-8H,4-5H2,1-3H3. The molecule has 0 spiro atoms. The van der Waals surface area contributed by atoms with E-state index in [1.54, 1.807) is 25.3 Å². The highest BCUT2D eigenvalue weighted by molar-refractivity contribution is 6.32. The molecule has 0 atom stereocenters. The van der Waals surface area contributed by atoms with Crippen molar-refractivity contribution in [3.8, 4) is 0 Å². The van der Waals surface area contributed by atoms with Crippen LogP contribution in [0.3, 0.4) is 0 Å². The molecule has 0 bridgehead atoms. The van der Waals surface area contributed by atoms with Crippen LogP contribution >= 0.6 is 11.6 Å². The van der Waals surface area contributed by atoms with E-state index in [9.17, 15) is 9.59 Å². The summed E-state index contributed by atoms with van der Waals surface area (Å²) in [7, 11) is 0. The van der Waals surface area contributed by atoms with Crippen molar-refractivity contribution in [3.63, 3.8) is 0 Å². The van der Waals surface area contributed by atoms with Crippen molar-refractivity contribution in [2.75, 3.05) is 6.61 Å². The molecule has 5 heteroatoms. The zero-order valence-electron chi connectivity index (χ0n) is 11.7. The normalized spacial score (nSPS) is 10.8. The largest absolute Gasteiger partial charge is 0.462 e. The number of pyridine rings is 1. The second-order valence-electron chi connectivity index (χ2n) is 4.45. The third-order valence-electron chi connectivity index (χ3n) is 3.26.